The molecule has 15 heavy (non-hydrogen) atoms. The third-order valence-electron chi connectivity index (χ3n) is 2.06. The van der Waals surface area contributed by atoms with Gasteiger partial charge in [0.05, 0.1) is 19.1 Å². The van der Waals surface area contributed by atoms with Crippen LogP contribution in [0.25, 0.3) is 0 Å². The van der Waals surface area contributed by atoms with Crippen LogP contribution in [-0.4, -0.2) is 34.0 Å². The normalized spacial score (nSPS) is 12.4. The predicted molar refractivity (Wildman–Crippen MR) is 54.6 cm³/mol. The number of benzene rings is 1. The average molecular weight is 210 g/mol. The zero-order valence-corrected chi connectivity index (χ0v) is 8.26. The summed E-state index contributed by atoms with van der Waals surface area (Å²) in [6, 6.07) is 6.95. The van der Waals surface area contributed by atoms with Gasteiger partial charge in [-0.05, 0) is 11.1 Å². The molecule has 0 aliphatic rings. The summed E-state index contributed by atoms with van der Waals surface area (Å²) < 4.78 is 0. The lowest BCUT2D eigenvalue weighted by Gasteiger charge is -2.07. The van der Waals surface area contributed by atoms with Crippen molar-refractivity contribution in [1.29, 1.82) is 0 Å². The Morgan fingerprint density at radius 3 is 2.20 bits per heavy atom. The van der Waals surface area contributed by atoms with E-state index in [-0.39, 0.29) is 13.0 Å². The summed E-state index contributed by atoms with van der Waals surface area (Å²) in [5, 5.41) is 26.4. The molecule has 0 saturated carbocycles. The lowest BCUT2D eigenvalue weighted by atomic mass is 10.0. The SMILES string of the molecule is O=C(O)Cc1ccc(CC(O)CO)cc1. The fourth-order valence-corrected chi connectivity index (χ4v) is 1.30. The zero-order chi connectivity index (χ0) is 11.3. The van der Waals surface area contributed by atoms with Crippen LogP contribution in [0.3, 0.4) is 0 Å². The standard InChI is InChI=1S/C11H14O4/c12-7-10(13)5-8-1-3-9(4-2-8)6-11(14)15/h1-4,10,12-13H,5-7H2,(H,14,15). The Hall–Kier alpha value is -1.39. The van der Waals surface area contributed by atoms with Crippen molar-refractivity contribution in [2.24, 2.45) is 0 Å². The monoisotopic (exact) mass is 210 g/mol. The van der Waals surface area contributed by atoms with Crippen molar-refractivity contribution >= 4 is 5.97 Å². The Morgan fingerprint density at radius 1 is 1.20 bits per heavy atom. The van der Waals surface area contributed by atoms with E-state index < -0.39 is 12.1 Å². The molecule has 0 spiro atoms. The Morgan fingerprint density at radius 2 is 1.73 bits per heavy atom. The van der Waals surface area contributed by atoms with Gasteiger partial charge in [-0.2, -0.15) is 0 Å². The molecule has 0 radical (unpaired) electrons. The van der Waals surface area contributed by atoms with Gasteiger partial charge in [-0.1, -0.05) is 24.3 Å². The van der Waals surface area contributed by atoms with E-state index in [4.69, 9.17) is 10.2 Å². The molecular weight excluding hydrogens is 196 g/mol. The highest BCUT2D eigenvalue weighted by Gasteiger charge is 2.04. The van der Waals surface area contributed by atoms with E-state index in [2.05, 4.69) is 0 Å². The molecule has 82 valence electrons. The minimum absolute atomic E-state index is 0.00281. The fraction of sp³-hybridized carbons (Fsp3) is 0.364. The maximum absolute atomic E-state index is 10.4. The highest BCUT2D eigenvalue weighted by molar-refractivity contribution is 5.70. The maximum atomic E-state index is 10.4. The first-order chi connectivity index (χ1) is 7.11. The smallest absolute Gasteiger partial charge is 0.307 e. The van der Waals surface area contributed by atoms with Crippen LogP contribution in [0.4, 0.5) is 0 Å². The number of carboxylic acids is 1. The largest absolute Gasteiger partial charge is 0.481 e. The first-order valence-electron chi connectivity index (χ1n) is 4.70. The van der Waals surface area contributed by atoms with Gasteiger partial charge in [0, 0.05) is 6.42 Å². The number of aliphatic carboxylic acids is 1. The lowest BCUT2D eigenvalue weighted by molar-refractivity contribution is -0.136. The van der Waals surface area contributed by atoms with Crippen LogP contribution in [0.5, 0.6) is 0 Å². The van der Waals surface area contributed by atoms with Crippen molar-refractivity contribution < 1.29 is 20.1 Å². The van der Waals surface area contributed by atoms with E-state index in [9.17, 15) is 9.90 Å². The van der Waals surface area contributed by atoms with Gasteiger partial charge in [0.15, 0.2) is 0 Å². The van der Waals surface area contributed by atoms with Crippen molar-refractivity contribution in [3.05, 3.63) is 35.4 Å². The second kappa shape index (κ2) is 5.48. The number of carbonyl (C=O) groups is 1. The van der Waals surface area contributed by atoms with Crippen LogP contribution in [0.1, 0.15) is 11.1 Å². The third-order valence-corrected chi connectivity index (χ3v) is 2.06. The Balaban J connectivity index is 2.60. The molecule has 4 heteroatoms. The van der Waals surface area contributed by atoms with Crippen LogP contribution >= 0.6 is 0 Å². The van der Waals surface area contributed by atoms with Crippen LogP contribution in [-0.2, 0) is 17.6 Å². The van der Waals surface area contributed by atoms with E-state index in [0.29, 0.717) is 6.42 Å². The highest BCUT2D eigenvalue weighted by Crippen LogP contribution is 2.07. The van der Waals surface area contributed by atoms with Crippen molar-refractivity contribution in [1.82, 2.24) is 0 Å². The summed E-state index contributed by atoms with van der Waals surface area (Å²) in [5.74, 6) is -0.863. The minimum Gasteiger partial charge on any atom is -0.481 e. The van der Waals surface area contributed by atoms with Gasteiger partial charge in [-0.15, -0.1) is 0 Å². The molecule has 0 heterocycles. The number of aliphatic hydroxyl groups excluding tert-OH is 2. The first kappa shape index (κ1) is 11.7. The maximum Gasteiger partial charge on any atom is 0.307 e. The molecule has 0 fully saturated rings. The van der Waals surface area contributed by atoms with Gasteiger partial charge in [-0.3, -0.25) is 4.79 Å². The van der Waals surface area contributed by atoms with Gasteiger partial charge in [0.25, 0.3) is 0 Å². The molecule has 3 N–H and O–H groups in total. The van der Waals surface area contributed by atoms with E-state index in [1.165, 1.54) is 0 Å². The van der Waals surface area contributed by atoms with E-state index >= 15 is 0 Å². The van der Waals surface area contributed by atoms with Gasteiger partial charge >= 0.3 is 5.97 Å². The van der Waals surface area contributed by atoms with E-state index in [1.807, 2.05) is 0 Å². The predicted octanol–water partition coefficient (Wildman–Crippen LogP) is 0.209. The lowest BCUT2D eigenvalue weighted by Crippen LogP contribution is -2.15. The molecule has 1 aromatic carbocycles. The summed E-state index contributed by atoms with van der Waals surface area (Å²) in [5.41, 5.74) is 1.61. The van der Waals surface area contributed by atoms with Crippen molar-refractivity contribution in [2.45, 2.75) is 18.9 Å². The molecule has 0 bridgehead atoms. The van der Waals surface area contributed by atoms with Crippen LogP contribution < -0.4 is 0 Å². The third kappa shape index (κ3) is 4.10. The molecule has 0 aliphatic carbocycles. The fourth-order valence-electron chi connectivity index (χ4n) is 1.30. The molecule has 1 aromatic rings. The number of hydrogen-bond donors (Lipinski definition) is 3. The van der Waals surface area contributed by atoms with Crippen LogP contribution in [0, 0.1) is 0 Å². The van der Waals surface area contributed by atoms with Crippen LogP contribution in [0.2, 0.25) is 0 Å². The minimum atomic E-state index is -0.863. The second-order valence-electron chi connectivity index (χ2n) is 3.43. The average Bonchev–Trinajstić information content (AvgIpc) is 2.20. The van der Waals surface area contributed by atoms with Gasteiger partial charge < -0.3 is 15.3 Å². The molecule has 4 nitrogen and oxygen atoms in total. The molecule has 1 unspecified atom stereocenters. The Bertz CT molecular complexity index is 318. The summed E-state index contributed by atoms with van der Waals surface area (Å²) in [6.07, 6.45) is -0.373. The summed E-state index contributed by atoms with van der Waals surface area (Å²) in [7, 11) is 0. The van der Waals surface area contributed by atoms with Crippen molar-refractivity contribution in [3.8, 4) is 0 Å². The number of hydrogen-bond acceptors (Lipinski definition) is 3. The number of rotatable bonds is 5. The Labute approximate surface area is 87.8 Å². The van der Waals surface area contributed by atoms with Gasteiger partial charge in [-0.25, -0.2) is 0 Å². The van der Waals surface area contributed by atoms with E-state index in [0.717, 1.165) is 11.1 Å². The molecule has 0 amide bonds. The molecule has 1 atom stereocenters. The molecule has 0 saturated heterocycles. The van der Waals surface area contributed by atoms with Gasteiger partial charge in [0.1, 0.15) is 0 Å². The Kier molecular flexibility index (Phi) is 4.27. The topological polar surface area (TPSA) is 77.8 Å². The number of carboxylic acid groups (broad SMARTS) is 1. The van der Waals surface area contributed by atoms with Gasteiger partial charge in [0.2, 0.25) is 0 Å². The number of aliphatic hydroxyl groups is 2. The van der Waals surface area contributed by atoms with E-state index in [1.54, 1.807) is 24.3 Å². The summed E-state index contributed by atoms with van der Waals surface area (Å²) in [6.45, 7) is -0.267. The van der Waals surface area contributed by atoms with Crippen molar-refractivity contribution in [3.63, 3.8) is 0 Å². The molecular formula is C11H14O4. The first-order valence-corrected chi connectivity index (χ1v) is 4.70. The van der Waals surface area contributed by atoms with Crippen LogP contribution in [0.15, 0.2) is 24.3 Å². The molecule has 0 aliphatic heterocycles. The summed E-state index contributed by atoms with van der Waals surface area (Å²) in [4.78, 5) is 10.4. The summed E-state index contributed by atoms with van der Waals surface area (Å²) >= 11 is 0. The quantitative estimate of drug-likeness (QED) is 0.649. The zero-order valence-electron chi connectivity index (χ0n) is 8.26. The molecule has 1 rings (SSSR count). The second-order valence-corrected chi connectivity index (χ2v) is 3.43. The molecule has 0 aromatic heterocycles. The van der Waals surface area contributed by atoms with Crippen molar-refractivity contribution in [2.75, 3.05) is 6.61 Å². The highest BCUT2D eigenvalue weighted by atomic mass is 16.4.